The van der Waals surface area contributed by atoms with E-state index in [2.05, 4.69) is 0 Å². The number of carbonyl (C=O) groups is 4. The first kappa shape index (κ1) is 59.3. The third kappa shape index (κ3) is 14.7. The van der Waals surface area contributed by atoms with Crippen LogP contribution in [0.25, 0.3) is 12.2 Å². The van der Waals surface area contributed by atoms with Gasteiger partial charge in [0.15, 0.2) is 19.4 Å². The minimum atomic E-state index is -1.17. The summed E-state index contributed by atoms with van der Waals surface area (Å²) in [6.45, 7) is 7.26. The average Bonchev–Trinajstić information content (AvgIpc) is 3.99. The Hall–Kier alpha value is -7.36. The maximum Gasteiger partial charge on any atom is 0.342 e. The molecule has 0 aliphatic carbocycles. The lowest BCUT2D eigenvalue weighted by Gasteiger charge is -2.30. The van der Waals surface area contributed by atoms with Crippen molar-refractivity contribution in [1.82, 2.24) is 0 Å². The zero-order chi connectivity index (χ0) is 56.7. The molecule has 8 rings (SSSR count). The van der Waals surface area contributed by atoms with E-state index >= 15 is 0 Å². The number of hydrogen-bond acceptors (Lipinski definition) is 18. The molecule has 4 aromatic carbocycles. The molecule has 0 aromatic heterocycles. The van der Waals surface area contributed by atoms with E-state index < -0.39 is 71.4 Å². The fraction of sp³-hybridized carbons (Fsp3) is 0.400. The summed E-state index contributed by atoms with van der Waals surface area (Å²) >= 11 is 0. The van der Waals surface area contributed by atoms with Crippen molar-refractivity contribution >= 4 is 36.0 Å². The number of cyclic esters (lactones) is 1. The lowest BCUT2D eigenvalue weighted by Crippen LogP contribution is -2.39. The number of carbonyl (C=O) groups excluding carboxylic acids is 3. The van der Waals surface area contributed by atoms with Crippen LogP contribution in [0.2, 0.25) is 0 Å². The maximum absolute atomic E-state index is 13.2. The van der Waals surface area contributed by atoms with Gasteiger partial charge in [0.2, 0.25) is 0 Å². The summed E-state index contributed by atoms with van der Waals surface area (Å²) in [4.78, 5) is 51.1. The van der Waals surface area contributed by atoms with Gasteiger partial charge in [0, 0.05) is 33.0 Å². The molecular formula is C60H68O19. The molecular weight excluding hydrogens is 1020 g/mol. The normalized spacial score (nSPS) is 23.8. The smallest absolute Gasteiger partial charge is 0.342 e. The fourth-order valence-corrected chi connectivity index (χ4v) is 9.34. The maximum atomic E-state index is 13.2. The van der Waals surface area contributed by atoms with Crippen molar-refractivity contribution < 1.29 is 91.0 Å². The van der Waals surface area contributed by atoms with Crippen LogP contribution in [0.1, 0.15) is 99.5 Å². The Morgan fingerprint density at radius 2 is 1.43 bits per heavy atom. The number of carboxylic acid groups (broad SMARTS) is 1. The monoisotopic (exact) mass is 1090 g/mol. The van der Waals surface area contributed by atoms with Crippen molar-refractivity contribution in [3.8, 4) is 23.0 Å². The predicted octanol–water partition coefficient (Wildman–Crippen LogP) is 8.81. The molecule has 2 bridgehead atoms. The first-order valence-electron chi connectivity index (χ1n) is 25.6. The molecule has 7 atom stereocenters. The molecule has 4 aliphatic heterocycles. The minimum absolute atomic E-state index is 0.0452. The van der Waals surface area contributed by atoms with E-state index in [1.54, 1.807) is 123 Å². The van der Waals surface area contributed by atoms with Crippen molar-refractivity contribution in [1.29, 1.82) is 0 Å². The Morgan fingerprint density at radius 1 is 0.785 bits per heavy atom. The average molecular weight is 1090 g/mol. The van der Waals surface area contributed by atoms with Gasteiger partial charge >= 0.3 is 23.9 Å². The molecule has 19 heteroatoms. The van der Waals surface area contributed by atoms with E-state index in [0.29, 0.717) is 53.0 Å². The topological polar surface area (TPSA) is 232 Å². The molecule has 0 saturated carbocycles. The fourth-order valence-electron chi connectivity index (χ4n) is 9.34. The van der Waals surface area contributed by atoms with Crippen LogP contribution in [0, 0.1) is 0 Å². The SMILES string of the molecule is COCOc1cc(OC)cc(/C=C/C[C@@H]2OC(C)(C)OC2C(/C=C\CCO)OC(=O)c2ccccc2)c1C(=O)O.COCOc1cc(OC)cc2c1C(=O)OCC/C=C\C(OC(=O)c1ccccc1)C1OC(C)(C)C3(/C=C/2)O[C@H]13. The highest BCUT2D eigenvalue weighted by Crippen LogP contribution is 2.58. The molecule has 19 nitrogen and oxygen atoms in total. The first-order valence-corrected chi connectivity index (χ1v) is 25.6. The summed E-state index contributed by atoms with van der Waals surface area (Å²) in [6.07, 6.45) is 11.5. The highest BCUT2D eigenvalue weighted by molar-refractivity contribution is 5.97. The van der Waals surface area contributed by atoms with Gasteiger partial charge in [-0.3, -0.25) is 0 Å². The van der Waals surface area contributed by atoms with Gasteiger partial charge < -0.3 is 71.8 Å². The van der Waals surface area contributed by atoms with Gasteiger partial charge in [-0.1, -0.05) is 66.8 Å². The summed E-state index contributed by atoms with van der Waals surface area (Å²) in [5.74, 6) is -2.37. The van der Waals surface area contributed by atoms with E-state index in [-0.39, 0.29) is 55.5 Å². The van der Waals surface area contributed by atoms with E-state index in [1.165, 1.54) is 34.5 Å². The van der Waals surface area contributed by atoms with Crippen molar-refractivity contribution in [2.24, 2.45) is 0 Å². The summed E-state index contributed by atoms with van der Waals surface area (Å²) in [7, 11) is 5.94. The summed E-state index contributed by atoms with van der Waals surface area (Å²) < 4.78 is 74.3. The second kappa shape index (κ2) is 27.0. The Labute approximate surface area is 459 Å². The van der Waals surface area contributed by atoms with Crippen LogP contribution in [0.15, 0.2) is 121 Å². The van der Waals surface area contributed by atoms with Crippen LogP contribution in [-0.4, -0.2) is 143 Å². The highest BCUT2D eigenvalue weighted by Gasteiger charge is 2.75. The second-order valence-corrected chi connectivity index (χ2v) is 19.4. The van der Waals surface area contributed by atoms with E-state index in [9.17, 15) is 29.4 Å². The molecule has 3 fully saturated rings. The summed E-state index contributed by atoms with van der Waals surface area (Å²) in [6, 6.07) is 23.8. The third-order valence-corrected chi connectivity index (χ3v) is 13.1. The van der Waals surface area contributed by atoms with Gasteiger partial charge in [0.05, 0.1) is 43.7 Å². The van der Waals surface area contributed by atoms with Crippen LogP contribution in [0.3, 0.4) is 0 Å². The third-order valence-electron chi connectivity index (χ3n) is 13.1. The van der Waals surface area contributed by atoms with Crippen molar-refractivity contribution in [2.75, 3.05) is 55.2 Å². The van der Waals surface area contributed by atoms with Gasteiger partial charge in [-0.25, -0.2) is 19.2 Å². The first-order chi connectivity index (χ1) is 38.0. The number of hydrogen-bond donors (Lipinski definition) is 2. The Balaban J connectivity index is 0.000000229. The van der Waals surface area contributed by atoms with E-state index in [0.717, 1.165) is 0 Å². The molecule has 0 radical (unpaired) electrons. The molecule has 4 aromatic rings. The molecule has 3 saturated heterocycles. The van der Waals surface area contributed by atoms with E-state index in [4.69, 9.17) is 61.6 Å². The Bertz CT molecular complexity index is 2860. The van der Waals surface area contributed by atoms with Gasteiger partial charge in [-0.2, -0.15) is 0 Å². The predicted molar refractivity (Wildman–Crippen MR) is 287 cm³/mol. The van der Waals surface area contributed by atoms with Crippen LogP contribution in [0.4, 0.5) is 0 Å². The molecule has 4 aliphatic rings. The summed E-state index contributed by atoms with van der Waals surface area (Å²) in [5, 5.41) is 19.1. The van der Waals surface area contributed by atoms with Crippen LogP contribution >= 0.6 is 0 Å². The number of aromatic carboxylic acids is 1. The number of fused-ring (bicyclic) bond motifs is 1. The summed E-state index contributed by atoms with van der Waals surface area (Å²) in [5.41, 5.74) is 0.387. The number of esters is 3. The largest absolute Gasteiger partial charge is 0.497 e. The number of aliphatic hydroxyl groups excluding tert-OH is 1. The molecule has 0 amide bonds. The van der Waals surface area contributed by atoms with Crippen molar-refractivity contribution in [2.45, 2.75) is 101 Å². The van der Waals surface area contributed by atoms with Gasteiger partial charge in [-0.05, 0) is 113 Å². The Kier molecular flexibility index (Phi) is 20.3. The zero-order valence-corrected chi connectivity index (χ0v) is 45.5. The number of epoxide rings is 1. The highest BCUT2D eigenvalue weighted by atomic mass is 16.8. The van der Waals surface area contributed by atoms with Gasteiger partial charge in [0.1, 0.15) is 70.2 Å². The standard InChI is InChI=1S/C30H36O10.C30H32O9/c1-30(2)39-24(15-10-13-21-17-22(36-4)18-25(37-19-35-3)26(21)28(32)33)27(40-30)23(14-8-9-16-31)38-29(34)20-11-6-5-7-12-20;1-29(2)30-14-13-20-16-21(34-4)17-23(36-18-33-3)24(20)28(32)35-15-9-8-12-22(25(38-29)26(30)39-30)37-27(31)19-10-6-5-7-11-19/h5-8,10-14,17-18,23-24,27,31H,9,15-16,19H2,1-4H3,(H,32,33);5-8,10-14,16-17,22,25-26H,9,15,18H2,1-4H3/b13-10+,14-8-;12-8-,14-13+/t23?,24-,27?;22?,25?,26-,30?/m01/s1. The molecule has 0 spiro atoms. The second-order valence-electron chi connectivity index (χ2n) is 19.4. The quantitative estimate of drug-likeness (QED) is 0.0277. The van der Waals surface area contributed by atoms with Crippen molar-refractivity contribution in [3.63, 3.8) is 0 Å². The van der Waals surface area contributed by atoms with E-state index in [1.807, 2.05) is 32.1 Å². The van der Waals surface area contributed by atoms with Gasteiger partial charge in [0.25, 0.3) is 0 Å². The number of rotatable bonds is 20. The lowest BCUT2D eigenvalue weighted by atomic mass is 9.87. The molecule has 4 heterocycles. The molecule has 2 N–H and O–H groups in total. The van der Waals surface area contributed by atoms with Crippen LogP contribution < -0.4 is 18.9 Å². The lowest BCUT2D eigenvalue weighted by molar-refractivity contribution is -0.152. The van der Waals surface area contributed by atoms with Crippen LogP contribution in [0.5, 0.6) is 23.0 Å². The number of methoxy groups -OCH3 is 4. The zero-order valence-electron chi connectivity index (χ0n) is 45.5. The van der Waals surface area contributed by atoms with Crippen molar-refractivity contribution in [3.05, 3.63) is 155 Å². The minimum Gasteiger partial charge on any atom is -0.497 e. The number of benzene rings is 4. The number of ether oxygens (including phenoxy) is 13. The Morgan fingerprint density at radius 3 is 2.06 bits per heavy atom. The molecule has 79 heavy (non-hydrogen) atoms. The molecule has 5 unspecified atom stereocenters. The molecule has 422 valence electrons. The number of aliphatic hydroxyl groups is 1. The van der Waals surface area contributed by atoms with Crippen LogP contribution in [-0.2, 0) is 42.6 Å². The number of carboxylic acids is 1. The van der Waals surface area contributed by atoms with Gasteiger partial charge in [-0.15, -0.1) is 0 Å².